The van der Waals surface area contributed by atoms with Crippen molar-refractivity contribution in [1.29, 1.82) is 0 Å². The Morgan fingerprint density at radius 3 is 2.50 bits per heavy atom. The van der Waals surface area contributed by atoms with E-state index >= 15 is 0 Å². The third kappa shape index (κ3) is 1.69. The molecule has 18 heavy (non-hydrogen) atoms. The van der Waals surface area contributed by atoms with Gasteiger partial charge in [0.1, 0.15) is 5.60 Å². The number of aliphatic hydroxyl groups is 1. The van der Waals surface area contributed by atoms with Gasteiger partial charge in [0.15, 0.2) is 5.78 Å². The van der Waals surface area contributed by atoms with Gasteiger partial charge in [-0.15, -0.1) is 11.6 Å². The fourth-order valence-electron chi connectivity index (χ4n) is 4.36. The van der Waals surface area contributed by atoms with Crippen LogP contribution in [-0.2, 0) is 4.79 Å². The summed E-state index contributed by atoms with van der Waals surface area (Å²) < 4.78 is 0. The van der Waals surface area contributed by atoms with Crippen LogP contribution in [0.4, 0.5) is 0 Å². The number of carbonyl (C=O) groups excluding carboxylic acids is 1. The van der Waals surface area contributed by atoms with Crippen LogP contribution in [0.1, 0.15) is 38.5 Å². The molecule has 0 saturated heterocycles. The molecule has 5 atom stereocenters. The molecule has 3 heteroatoms. The van der Waals surface area contributed by atoms with E-state index in [4.69, 9.17) is 11.6 Å². The molecule has 0 aromatic carbocycles. The number of fused-ring (bicyclic) bond motifs is 1. The lowest BCUT2D eigenvalue weighted by Gasteiger charge is -2.52. The van der Waals surface area contributed by atoms with Crippen LogP contribution in [0.2, 0.25) is 0 Å². The highest BCUT2D eigenvalue weighted by atomic mass is 35.5. The van der Waals surface area contributed by atoms with Crippen LogP contribution >= 0.6 is 11.6 Å². The Hall–Kier alpha value is -0.340. The average molecular weight is 269 g/mol. The van der Waals surface area contributed by atoms with Crippen molar-refractivity contribution in [3.05, 3.63) is 12.2 Å². The first-order valence-electron chi connectivity index (χ1n) is 7.19. The predicted molar refractivity (Wildman–Crippen MR) is 71.5 cm³/mol. The van der Waals surface area contributed by atoms with Crippen molar-refractivity contribution in [3.8, 4) is 0 Å². The minimum atomic E-state index is -1.29. The molecule has 1 N–H and O–H groups in total. The first-order valence-corrected chi connectivity index (χ1v) is 7.73. The molecule has 2 fully saturated rings. The third-order valence-corrected chi connectivity index (χ3v) is 5.72. The van der Waals surface area contributed by atoms with Crippen LogP contribution in [0.5, 0.6) is 0 Å². The Morgan fingerprint density at radius 2 is 1.83 bits per heavy atom. The molecule has 0 radical (unpaired) electrons. The van der Waals surface area contributed by atoms with Gasteiger partial charge in [-0.1, -0.05) is 37.8 Å². The number of rotatable bonds is 1. The summed E-state index contributed by atoms with van der Waals surface area (Å²) in [5.74, 6) is 0.808. The van der Waals surface area contributed by atoms with Gasteiger partial charge >= 0.3 is 0 Å². The molecule has 2 saturated carbocycles. The van der Waals surface area contributed by atoms with Crippen molar-refractivity contribution in [1.82, 2.24) is 0 Å². The van der Waals surface area contributed by atoms with Crippen molar-refractivity contribution >= 4 is 17.4 Å². The van der Waals surface area contributed by atoms with Crippen LogP contribution in [0.3, 0.4) is 0 Å². The quantitative estimate of drug-likeness (QED) is 0.586. The lowest BCUT2D eigenvalue weighted by molar-refractivity contribution is -0.158. The maximum atomic E-state index is 12.4. The number of allylic oxidation sites excluding steroid dienone is 1. The van der Waals surface area contributed by atoms with Gasteiger partial charge in [0, 0.05) is 11.8 Å². The Kier molecular flexibility index (Phi) is 3.27. The van der Waals surface area contributed by atoms with Gasteiger partial charge < -0.3 is 5.11 Å². The Labute approximate surface area is 113 Å². The van der Waals surface area contributed by atoms with Crippen molar-refractivity contribution < 1.29 is 9.90 Å². The highest BCUT2D eigenvalue weighted by Crippen LogP contribution is 2.52. The topological polar surface area (TPSA) is 37.3 Å². The predicted octanol–water partition coefficient (Wildman–Crippen LogP) is 2.93. The van der Waals surface area contributed by atoms with E-state index in [1.165, 1.54) is 25.7 Å². The number of alkyl halides is 1. The molecule has 0 amide bonds. The average Bonchev–Trinajstić information content (AvgIpc) is 2.35. The zero-order valence-corrected chi connectivity index (χ0v) is 11.4. The lowest BCUT2D eigenvalue weighted by atomic mass is 9.53. The molecule has 0 heterocycles. The van der Waals surface area contributed by atoms with Crippen LogP contribution in [0.25, 0.3) is 0 Å². The molecule has 100 valence electrons. The molecular weight excluding hydrogens is 248 g/mol. The summed E-state index contributed by atoms with van der Waals surface area (Å²) in [6.07, 6.45) is 11.4. The van der Waals surface area contributed by atoms with Gasteiger partial charge in [0.25, 0.3) is 0 Å². The van der Waals surface area contributed by atoms with E-state index in [0.717, 1.165) is 12.8 Å². The number of Topliss-reactive ketones (excluding diaryl/α,β-unsaturated/α-hetero) is 1. The smallest absolute Gasteiger partial charge is 0.173 e. The van der Waals surface area contributed by atoms with Crippen LogP contribution < -0.4 is 0 Å². The van der Waals surface area contributed by atoms with E-state index in [1.807, 2.05) is 6.08 Å². The van der Waals surface area contributed by atoms with Gasteiger partial charge in [0.05, 0.1) is 5.88 Å². The molecule has 2 nitrogen and oxygen atoms in total. The number of halogens is 1. The number of ketones is 1. The number of carbonyl (C=O) groups is 1. The van der Waals surface area contributed by atoms with E-state index in [2.05, 4.69) is 6.08 Å². The van der Waals surface area contributed by atoms with Crippen molar-refractivity contribution in [3.63, 3.8) is 0 Å². The van der Waals surface area contributed by atoms with Gasteiger partial charge in [-0.2, -0.15) is 0 Å². The Morgan fingerprint density at radius 1 is 1.17 bits per heavy atom. The molecule has 0 unspecified atom stereocenters. The van der Waals surface area contributed by atoms with Crippen LogP contribution in [0.15, 0.2) is 12.2 Å². The van der Waals surface area contributed by atoms with Crippen molar-refractivity contribution in [2.24, 2.45) is 23.7 Å². The summed E-state index contributed by atoms with van der Waals surface area (Å²) in [4.78, 5) is 12.4. The van der Waals surface area contributed by atoms with Gasteiger partial charge in [-0.25, -0.2) is 0 Å². The van der Waals surface area contributed by atoms with Crippen molar-refractivity contribution in [2.75, 3.05) is 5.88 Å². The fraction of sp³-hybridized carbons (Fsp3) is 0.800. The van der Waals surface area contributed by atoms with Crippen LogP contribution in [-0.4, -0.2) is 22.4 Å². The van der Waals surface area contributed by atoms with Gasteiger partial charge in [-0.05, 0) is 24.7 Å². The molecule has 0 spiro atoms. The second kappa shape index (κ2) is 4.64. The fourth-order valence-corrected chi connectivity index (χ4v) is 4.67. The first kappa shape index (κ1) is 12.7. The third-order valence-electron chi connectivity index (χ3n) is 5.31. The van der Waals surface area contributed by atoms with E-state index < -0.39 is 5.60 Å². The van der Waals surface area contributed by atoms with E-state index in [9.17, 15) is 9.90 Å². The molecule has 4 rings (SSSR count). The monoisotopic (exact) mass is 268 g/mol. The van der Waals surface area contributed by atoms with E-state index in [0.29, 0.717) is 11.8 Å². The molecule has 0 aromatic heterocycles. The SMILES string of the molecule is O=C1[C@H]2C=C[C@H]([C@@H]3CCCCCC[C@@H]32)[C@@]1(O)CCl. The Bertz CT molecular complexity index is 379. The van der Waals surface area contributed by atoms with Gasteiger partial charge in [0.2, 0.25) is 0 Å². The molecule has 0 aromatic rings. The lowest BCUT2D eigenvalue weighted by Crippen LogP contribution is -2.61. The normalized spacial score (nSPS) is 47.6. The van der Waals surface area contributed by atoms with E-state index in [-0.39, 0.29) is 23.5 Å². The molecular formula is C15H21ClO2. The summed E-state index contributed by atoms with van der Waals surface area (Å²) in [7, 11) is 0. The minimum Gasteiger partial charge on any atom is -0.380 e. The second-order valence-electron chi connectivity index (χ2n) is 6.18. The highest BCUT2D eigenvalue weighted by Gasteiger charge is 2.58. The van der Waals surface area contributed by atoms with Gasteiger partial charge in [-0.3, -0.25) is 4.79 Å². The molecule has 4 aliphatic carbocycles. The van der Waals surface area contributed by atoms with E-state index in [1.54, 1.807) is 0 Å². The van der Waals surface area contributed by atoms with Crippen molar-refractivity contribution in [2.45, 2.75) is 44.1 Å². The summed E-state index contributed by atoms with van der Waals surface area (Å²) in [5, 5.41) is 10.6. The Balaban J connectivity index is 1.95. The molecule has 4 aliphatic rings. The number of hydrogen-bond acceptors (Lipinski definition) is 2. The highest BCUT2D eigenvalue weighted by molar-refractivity contribution is 6.21. The second-order valence-corrected chi connectivity index (χ2v) is 6.45. The largest absolute Gasteiger partial charge is 0.380 e. The summed E-state index contributed by atoms with van der Waals surface area (Å²) in [6, 6.07) is 0. The summed E-state index contributed by atoms with van der Waals surface area (Å²) in [5.41, 5.74) is -1.29. The zero-order chi connectivity index (χ0) is 12.8. The summed E-state index contributed by atoms with van der Waals surface area (Å²) >= 11 is 5.91. The number of hydrogen-bond donors (Lipinski definition) is 1. The standard InChI is InChI=1S/C15H21ClO2/c16-9-15(18)13-8-7-12(14(15)17)10-5-3-1-2-4-6-11(10)13/h7-8,10-13,18H,1-6,9H2/t10-,11+,12-,13+,15-/m0/s1. The van der Waals surface area contributed by atoms with Crippen LogP contribution in [0, 0.1) is 23.7 Å². The summed E-state index contributed by atoms with van der Waals surface area (Å²) in [6.45, 7) is 0. The minimum absolute atomic E-state index is 0.0215. The molecule has 2 bridgehead atoms. The molecule has 0 aliphatic heterocycles. The first-order chi connectivity index (χ1) is 8.68. The maximum Gasteiger partial charge on any atom is 0.173 e. The maximum absolute atomic E-state index is 12.4. The zero-order valence-electron chi connectivity index (χ0n) is 10.6.